The number of aryl methyl sites for hydroxylation is 1. The summed E-state index contributed by atoms with van der Waals surface area (Å²) >= 11 is 1.08. The lowest BCUT2D eigenvalue weighted by Gasteiger charge is -2.16. The van der Waals surface area contributed by atoms with E-state index in [0.29, 0.717) is 27.1 Å². The van der Waals surface area contributed by atoms with E-state index in [1.165, 1.54) is 6.33 Å². The molecule has 118 valence electrons. The van der Waals surface area contributed by atoms with Crippen molar-refractivity contribution in [1.29, 1.82) is 0 Å². The van der Waals surface area contributed by atoms with Gasteiger partial charge in [-0.05, 0) is 24.8 Å². The predicted octanol–water partition coefficient (Wildman–Crippen LogP) is 1.52. The maximum atomic E-state index is 12.3. The second-order valence-electron chi connectivity index (χ2n) is 5.46. The fourth-order valence-corrected chi connectivity index (χ4v) is 3.26. The Hall–Kier alpha value is -2.22. The van der Waals surface area contributed by atoms with Gasteiger partial charge >= 0.3 is 5.97 Å². The average molecular weight is 323 g/mol. The zero-order valence-electron chi connectivity index (χ0n) is 12.5. The largest absolute Gasteiger partial charge is 0.480 e. The van der Waals surface area contributed by atoms with Crippen molar-refractivity contribution in [1.82, 2.24) is 15.3 Å². The van der Waals surface area contributed by atoms with Crippen LogP contribution >= 0.6 is 11.3 Å². The van der Waals surface area contributed by atoms with E-state index in [2.05, 4.69) is 15.3 Å². The minimum Gasteiger partial charge on any atom is -0.480 e. The lowest BCUT2D eigenvalue weighted by Crippen LogP contribution is -2.41. The molecule has 8 heteroatoms. The Morgan fingerprint density at radius 3 is 2.68 bits per heavy atom. The molecule has 0 aliphatic rings. The number of carboxylic acid groups (broad SMARTS) is 1. The molecular formula is C14H17N3O4S. The number of fused-ring (bicyclic) bond motifs is 1. The number of carbonyl (C=O) groups excluding carboxylic acids is 1. The Morgan fingerprint density at radius 1 is 1.45 bits per heavy atom. The lowest BCUT2D eigenvalue weighted by atomic mass is 10.0. The molecule has 1 amide bonds. The number of hydrogen-bond donors (Lipinski definition) is 3. The standard InChI is InChI=1S/C14H17N3O4S/c1-6(2)4-8(14(20)21)17-12(19)10-7(3)9-11(18)15-5-16-13(9)22-10/h5-6,8H,4H2,1-3H3,(H,17,19)(H,20,21)(H,15,16,18). The van der Waals surface area contributed by atoms with Crippen molar-refractivity contribution < 1.29 is 14.7 Å². The molecule has 1 unspecified atom stereocenters. The average Bonchev–Trinajstić information content (AvgIpc) is 2.76. The van der Waals surface area contributed by atoms with E-state index in [-0.39, 0.29) is 11.5 Å². The van der Waals surface area contributed by atoms with Crippen molar-refractivity contribution in [3.8, 4) is 0 Å². The predicted molar refractivity (Wildman–Crippen MR) is 83.3 cm³/mol. The highest BCUT2D eigenvalue weighted by atomic mass is 32.1. The molecule has 0 aliphatic heterocycles. The highest BCUT2D eigenvalue weighted by Gasteiger charge is 2.25. The summed E-state index contributed by atoms with van der Waals surface area (Å²) < 4.78 is 0. The minimum absolute atomic E-state index is 0.134. The second kappa shape index (κ2) is 6.27. The topological polar surface area (TPSA) is 112 Å². The van der Waals surface area contributed by atoms with Crippen molar-refractivity contribution in [2.75, 3.05) is 0 Å². The molecule has 3 N–H and O–H groups in total. The van der Waals surface area contributed by atoms with Gasteiger partial charge in [0.15, 0.2) is 0 Å². The summed E-state index contributed by atoms with van der Waals surface area (Å²) in [4.78, 5) is 42.6. The molecule has 2 aromatic rings. The van der Waals surface area contributed by atoms with Gasteiger partial charge in [0.2, 0.25) is 0 Å². The molecule has 0 radical (unpaired) electrons. The quantitative estimate of drug-likeness (QED) is 0.772. The number of carbonyl (C=O) groups is 2. The molecular weight excluding hydrogens is 306 g/mol. The summed E-state index contributed by atoms with van der Waals surface area (Å²) in [5.74, 6) is -1.43. The summed E-state index contributed by atoms with van der Waals surface area (Å²) in [5, 5.41) is 12.1. The Balaban J connectivity index is 2.33. The number of carboxylic acids is 1. The maximum Gasteiger partial charge on any atom is 0.326 e. The summed E-state index contributed by atoms with van der Waals surface area (Å²) in [6.07, 6.45) is 1.62. The van der Waals surface area contributed by atoms with Crippen LogP contribution in [-0.2, 0) is 4.79 Å². The van der Waals surface area contributed by atoms with Crippen molar-refractivity contribution >= 4 is 33.4 Å². The van der Waals surface area contributed by atoms with Crippen LogP contribution < -0.4 is 10.9 Å². The van der Waals surface area contributed by atoms with Gasteiger partial charge in [-0.1, -0.05) is 13.8 Å². The SMILES string of the molecule is Cc1c(C(=O)NC(CC(C)C)C(=O)O)sc2nc[nH]c(=O)c12. The van der Waals surface area contributed by atoms with Gasteiger partial charge in [0, 0.05) is 0 Å². The number of hydrogen-bond acceptors (Lipinski definition) is 5. The molecule has 7 nitrogen and oxygen atoms in total. The second-order valence-corrected chi connectivity index (χ2v) is 6.46. The molecule has 2 rings (SSSR count). The molecule has 2 heterocycles. The number of nitrogens with zero attached hydrogens (tertiary/aromatic N) is 1. The highest BCUT2D eigenvalue weighted by molar-refractivity contribution is 7.20. The van der Waals surface area contributed by atoms with E-state index in [9.17, 15) is 19.5 Å². The molecule has 0 saturated carbocycles. The number of aromatic nitrogens is 2. The van der Waals surface area contributed by atoms with E-state index in [0.717, 1.165) is 11.3 Å². The first-order valence-electron chi connectivity index (χ1n) is 6.81. The lowest BCUT2D eigenvalue weighted by molar-refractivity contribution is -0.139. The van der Waals surface area contributed by atoms with E-state index in [1.54, 1.807) is 6.92 Å². The van der Waals surface area contributed by atoms with Crippen molar-refractivity contribution in [2.45, 2.75) is 33.2 Å². The van der Waals surface area contributed by atoms with E-state index < -0.39 is 17.9 Å². The van der Waals surface area contributed by atoms with Crippen LogP contribution in [0.4, 0.5) is 0 Å². The molecule has 0 fully saturated rings. The third-order valence-corrected chi connectivity index (χ3v) is 4.45. The van der Waals surface area contributed by atoms with Crippen LogP contribution in [0.25, 0.3) is 10.2 Å². The normalized spacial score (nSPS) is 12.5. The fourth-order valence-electron chi connectivity index (χ4n) is 2.21. The van der Waals surface area contributed by atoms with Crippen molar-refractivity contribution in [3.63, 3.8) is 0 Å². The van der Waals surface area contributed by atoms with Gasteiger partial charge in [-0.25, -0.2) is 9.78 Å². The summed E-state index contributed by atoms with van der Waals surface area (Å²) in [6, 6.07) is -0.955. The van der Waals surface area contributed by atoms with Gasteiger partial charge in [0.25, 0.3) is 11.5 Å². The number of thiophene rings is 1. The Morgan fingerprint density at radius 2 is 2.14 bits per heavy atom. The number of aliphatic carboxylic acids is 1. The van der Waals surface area contributed by atoms with Crippen LogP contribution in [0.5, 0.6) is 0 Å². The number of amides is 1. The summed E-state index contributed by atoms with van der Waals surface area (Å²) in [5.41, 5.74) is 0.204. The van der Waals surface area contributed by atoms with Crippen LogP contribution in [0.1, 0.15) is 35.5 Å². The Kier molecular flexibility index (Phi) is 4.60. The molecule has 0 aromatic carbocycles. The molecule has 2 aromatic heterocycles. The van der Waals surface area contributed by atoms with Crippen LogP contribution in [0, 0.1) is 12.8 Å². The van der Waals surface area contributed by atoms with Gasteiger partial charge in [-0.2, -0.15) is 0 Å². The zero-order chi connectivity index (χ0) is 16.4. The van der Waals surface area contributed by atoms with Crippen LogP contribution in [0.3, 0.4) is 0 Å². The van der Waals surface area contributed by atoms with Crippen LogP contribution in [0.2, 0.25) is 0 Å². The van der Waals surface area contributed by atoms with Crippen molar-refractivity contribution in [3.05, 3.63) is 27.1 Å². The van der Waals surface area contributed by atoms with Crippen LogP contribution in [0.15, 0.2) is 11.1 Å². The minimum atomic E-state index is -1.07. The third kappa shape index (κ3) is 3.16. The van der Waals surface area contributed by atoms with E-state index in [1.807, 2.05) is 13.8 Å². The third-order valence-electron chi connectivity index (χ3n) is 3.25. The number of rotatable bonds is 5. The molecule has 22 heavy (non-hydrogen) atoms. The fraction of sp³-hybridized carbons (Fsp3) is 0.429. The van der Waals surface area contributed by atoms with Gasteiger partial charge < -0.3 is 15.4 Å². The molecule has 1 atom stereocenters. The molecule has 0 bridgehead atoms. The number of aromatic amines is 1. The van der Waals surface area contributed by atoms with Gasteiger partial charge in [-0.15, -0.1) is 11.3 Å². The highest BCUT2D eigenvalue weighted by Crippen LogP contribution is 2.26. The molecule has 0 saturated heterocycles. The van der Waals surface area contributed by atoms with Gasteiger partial charge in [0.1, 0.15) is 10.9 Å². The first-order valence-corrected chi connectivity index (χ1v) is 7.63. The van der Waals surface area contributed by atoms with E-state index >= 15 is 0 Å². The zero-order valence-corrected chi connectivity index (χ0v) is 13.3. The number of nitrogens with one attached hydrogen (secondary N) is 2. The maximum absolute atomic E-state index is 12.3. The Labute approximate surface area is 130 Å². The number of H-pyrrole nitrogens is 1. The summed E-state index contributed by atoms with van der Waals surface area (Å²) in [7, 11) is 0. The van der Waals surface area contributed by atoms with Gasteiger partial charge in [0.05, 0.1) is 16.6 Å². The molecule has 0 spiro atoms. The summed E-state index contributed by atoms with van der Waals surface area (Å²) in [6.45, 7) is 5.43. The first kappa shape index (κ1) is 16.2. The van der Waals surface area contributed by atoms with Crippen molar-refractivity contribution in [2.24, 2.45) is 5.92 Å². The first-order chi connectivity index (χ1) is 10.3. The van der Waals surface area contributed by atoms with E-state index in [4.69, 9.17) is 0 Å². The monoisotopic (exact) mass is 323 g/mol. The van der Waals surface area contributed by atoms with Gasteiger partial charge in [-0.3, -0.25) is 9.59 Å². The molecule has 0 aliphatic carbocycles. The van der Waals surface area contributed by atoms with Crippen LogP contribution in [-0.4, -0.2) is 33.0 Å². The smallest absolute Gasteiger partial charge is 0.326 e. The Bertz CT molecular complexity index is 778.